The van der Waals surface area contributed by atoms with Gasteiger partial charge in [0.2, 0.25) is 0 Å². The fourth-order valence-corrected chi connectivity index (χ4v) is 3.38. The smallest absolute Gasteiger partial charge is 0.0778 e. The van der Waals surface area contributed by atoms with Gasteiger partial charge in [-0.3, -0.25) is 9.88 Å². The maximum Gasteiger partial charge on any atom is 0.0778 e. The van der Waals surface area contributed by atoms with Crippen molar-refractivity contribution in [3.63, 3.8) is 0 Å². The minimum absolute atomic E-state index is 0.155. The Balaban J connectivity index is 2.93. The van der Waals surface area contributed by atoms with Crippen molar-refractivity contribution in [2.45, 2.75) is 58.6 Å². The third-order valence-electron chi connectivity index (χ3n) is 4.43. The lowest BCUT2D eigenvalue weighted by atomic mass is 9.82. The molecule has 1 unspecified atom stereocenters. The molecule has 0 radical (unpaired) electrons. The first kappa shape index (κ1) is 17.6. The molecule has 0 aromatic carbocycles. The summed E-state index contributed by atoms with van der Waals surface area (Å²) in [5.41, 5.74) is 0.789. The lowest BCUT2D eigenvalue weighted by molar-refractivity contribution is -0.0345. The minimum atomic E-state index is -0.397. The molecule has 0 aliphatic carbocycles. The summed E-state index contributed by atoms with van der Waals surface area (Å²) in [6, 6.07) is 3.96. The van der Waals surface area contributed by atoms with Crippen LogP contribution in [-0.2, 0) is 6.42 Å². The van der Waals surface area contributed by atoms with Gasteiger partial charge in [0.15, 0.2) is 0 Å². The lowest BCUT2D eigenvalue weighted by Crippen LogP contribution is -2.56. The molecule has 0 aliphatic heterocycles. The SMILES string of the molecule is CCN(CC)C(CC)(CC)C(O)Cc1ccc(Br)cn1. The first-order valence-electron chi connectivity index (χ1n) is 7.57. The molecule has 0 saturated carbocycles. The summed E-state index contributed by atoms with van der Waals surface area (Å²) in [6.45, 7) is 10.6. The van der Waals surface area contributed by atoms with Gasteiger partial charge >= 0.3 is 0 Å². The average Bonchev–Trinajstić information content (AvgIpc) is 2.47. The monoisotopic (exact) mass is 342 g/mol. The van der Waals surface area contributed by atoms with Crippen LogP contribution in [0, 0.1) is 0 Å². The predicted molar refractivity (Wildman–Crippen MR) is 87.9 cm³/mol. The molecule has 1 rings (SSSR count). The molecular formula is C16H27BrN2O. The number of halogens is 1. The van der Waals surface area contributed by atoms with Gasteiger partial charge in [-0.05, 0) is 54.0 Å². The molecule has 0 amide bonds. The van der Waals surface area contributed by atoms with Crippen LogP contribution in [0.2, 0.25) is 0 Å². The van der Waals surface area contributed by atoms with E-state index in [1.807, 2.05) is 12.1 Å². The van der Waals surface area contributed by atoms with E-state index in [0.717, 1.165) is 36.1 Å². The molecule has 1 aromatic rings. The second kappa shape index (κ2) is 8.11. The molecule has 0 fully saturated rings. The average molecular weight is 343 g/mol. The maximum absolute atomic E-state index is 10.8. The van der Waals surface area contributed by atoms with Gasteiger partial charge in [-0.25, -0.2) is 0 Å². The van der Waals surface area contributed by atoms with Crippen molar-refractivity contribution >= 4 is 15.9 Å². The van der Waals surface area contributed by atoms with Crippen molar-refractivity contribution in [1.29, 1.82) is 0 Å². The van der Waals surface area contributed by atoms with Crippen LogP contribution in [0.25, 0.3) is 0 Å². The van der Waals surface area contributed by atoms with E-state index < -0.39 is 6.10 Å². The highest BCUT2D eigenvalue weighted by Crippen LogP contribution is 2.29. The van der Waals surface area contributed by atoms with Crippen LogP contribution in [0.5, 0.6) is 0 Å². The number of aliphatic hydroxyl groups excluding tert-OH is 1. The minimum Gasteiger partial charge on any atom is -0.391 e. The topological polar surface area (TPSA) is 36.4 Å². The second-order valence-electron chi connectivity index (χ2n) is 5.17. The van der Waals surface area contributed by atoms with Gasteiger partial charge in [0.05, 0.1) is 6.10 Å². The van der Waals surface area contributed by atoms with Crippen molar-refractivity contribution in [2.24, 2.45) is 0 Å². The number of aromatic nitrogens is 1. The first-order chi connectivity index (χ1) is 9.53. The molecule has 0 bridgehead atoms. The third-order valence-corrected chi connectivity index (χ3v) is 4.90. The number of pyridine rings is 1. The molecule has 0 spiro atoms. The summed E-state index contributed by atoms with van der Waals surface area (Å²) in [6.07, 6.45) is 3.89. The zero-order chi connectivity index (χ0) is 15.2. The largest absolute Gasteiger partial charge is 0.391 e. The van der Waals surface area contributed by atoms with Crippen LogP contribution in [0.15, 0.2) is 22.8 Å². The number of aliphatic hydroxyl groups is 1. The van der Waals surface area contributed by atoms with Crippen LogP contribution < -0.4 is 0 Å². The molecule has 1 aromatic heterocycles. The van der Waals surface area contributed by atoms with Crippen molar-refractivity contribution in [2.75, 3.05) is 13.1 Å². The Labute approximate surface area is 131 Å². The fourth-order valence-electron chi connectivity index (χ4n) is 3.15. The van der Waals surface area contributed by atoms with Crippen LogP contribution in [-0.4, -0.2) is 39.7 Å². The summed E-state index contributed by atoms with van der Waals surface area (Å²) in [7, 11) is 0. The molecule has 4 heteroatoms. The Hall–Kier alpha value is -0.450. The number of nitrogens with zero attached hydrogens (tertiary/aromatic N) is 2. The molecule has 1 N–H and O–H groups in total. The Morgan fingerprint density at radius 3 is 2.20 bits per heavy atom. The highest BCUT2D eigenvalue weighted by atomic mass is 79.9. The van der Waals surface area contributed by atoms with Gasteiger partial charge in [0.25, 0.3) is 0 Å². The maximum atomic E-state index is 10.8. The van der Waals surface area contributed by atoms with Crippen molar-refractivity contribution in [3.05, 3.63) is 28.5 Å². The molecule has 0 saturated heterocycles. The summed E-state index contributed by atoms with van der Waals surface area (Å²) in [5, 5.41) is 10.8. The summed E-state index contributed by atoms with van der Waals surface area (Å²) >= 11 is 3.39. The van der Waals surface area contributed by atoms with Crippen LogP contribution in [0.1, 0.15) is 46.2 Å². The molecule has 1 atom stereocenters. The normalized spacial score (nSPS) is 13.8. The Kier molecular flexibility index (Phi) is 7.13. The summed E-state index contributed by atoms with van der Waals surface area (Å²) < 4.78 is 0.969. The molecule has 0 aliphatic rings. The number of hydrogen-bond acceptors (Lipinski definition) is 3. The van der Waals surface area contributed by atoms with E-state index in [2.05, 4.69) is 53.5 Å². The highest BCUT2D eigenvalue weighted by molar-refractivity contribution is 9.10. The number of likely N-dealkylation sites (N-methyl/N-ethyl adjacent to an activating group) is 1. The number of rotatable bonds is 8. The zero-order valence-electron chi connectivity index (χ0n) is 13.1. The Morgan fingerprint density at radius 2 is 1.80 bits per heavy atom. The molecule has 114 valence electrons. The quantitative estimate of drug-likeness (QED) is 0.783. The van der Waals surface area contributed by atoms with Gasteiger partial charge < -0.3 is 5.11 Å². The van der Waals surface area contributed by atoms with E-state index in [9.17, 15) is 5.11 Å². The molecule has 1 heterocycles. The van der Waals surface area contributed by atoms with E-state index in [0.29, 0.717) is 6.42 Å². The van der Waals surface area contributed by atoms with Crippen LogP contribution in [0.3, 0.4) is 0 Å². The van der Waals surface area contributed by atoms with Gasteiger partial charge in [0, 0.05) is 28.3 Å². The highest BCUT2D eigenvalue weighted by Gasteiger charge is 2.38. The second-order valence-corrected chi connectivity index (χ2v) is 6.09. The lowest BCUT2D eigenvalue weighted by Gasteiger charge is -2.45. The number of hydrogen-bond donors (Lipinski definition) is 1. The molecule has 20 heavy (non-hydrogen) atoms. The molecular weight excluding hydrogens is 316 g/mol. The van der Waals surface area contributed by atoms with Gasteiger partial charge in [-0.2, -0.15) is 0 Å². The van der Waals surface area contributed by atoms with E-state index in [-0.39, 0.29) is 5.54 Å². The van der Waals surface area contributed by atoms with Crippen LogP contribution >= 0.6 is 15.9 Å². The predicted octanol–water partition coefficient (Wildman–Crippen LogP) is 3.65. The van der Waals surface area contributed by atoms with Gasteiger partial charge in [-0.1, -0.05) is 27.7 Å². The van der Waals surface area contributed by atoms with Gasteiger partial charge in [0.1, 0.15) is 0 Å². The fraction of sp³-hybridized carbons (Fsp3) is 0.688. The molecule has 3 nitrogen and oxygen atoms in total. The van der Waals surface area contributed by atoms with Crippen LogP contribution in [0.4, 0.5) is 0 Å². The van der Waals surface area contributed by atoms with E-state index in [1.165, 1.54) is 0 Å². The van der Waals surface area contributed by atoms with E-state index in [1.54, 1.807) is 6.20 Å². The third kappa shape index (κ3) is 3.80. The van der Waals surface area contributed by atoms with Crippen molar-refractivity contribution in [1.82, 2.24) is 9.88 Å². The summed E-state index contributed by atoms with van der Waals surface area (Å²) in [5.74, 6) is 0. The Morgan fingerprint density at radius 1 is 1.20 bits per heavy atom. The standard InChI is InChI=1S/C16H27BrN2O/c1-5-16(6-2,19(7-3)8-4)15(20)11-14-10-9-13(17)12-18-14/h9-10,12,15,20H,5-8,11H2,1-4H3. The van der Waals surface area contributed by atoms with Crippen molar-refractivity contribution in [3.8, 4) is 0 Å². The summed E-state index contributed by atoms with van der Waals surface area (Å²) in [4.78, 5) is 6.77. The zero-order valence-corrected chi connectivity index (χ0v) is 14.7. The van der Waals surface area contributed by atoms with E-state index in [4.69, 9.17) is 0 Å². The first-order valence-corrected chi connectivity index (χ1v) is 8.36. The van der Waals surface area contributed by atoms with E-state index >= 15 is 0 Å². The van der Waals surface area contributed by atoms with Gasteiger partial charge in [-0.15, -0.1) is 0 Å². The Bertz CT molecular complexity index is 386. The van der Waals surface area contributed by atoms with Crippen molar-refractivity contribution < 1.29 is 5.11 Å².